The zero-order valence-corrected chi connectivity index (χ0v) is 9.85. The molecule has 0 fully saturated rings. The van der Waals surface area contributed by atoms with Crippen LogP contribution in [-0.2, 0) is 27.7 Å². The summed E-state index contributed by atoms with van der Waals surface area (Å²) in [6.07, 6.45) is 0. The second-order valence-electron chi connectivity index (χ2n) is 0.154. The Bertz CT molecular complexity index is 15.1. The molecular formula is C2H4Cl2Hg. The molecule has 0 saturated carbocycles. The summed E-state index contributed by atoms with van der Waals surface area (Å²) in [5, 5.41) is 0. The summed E-state index contributed by atoms with van der Waals surface area (Å²) in [4.78, 5) is 0. The van der Waals surface area contributed by atoms with E-state index in [2.05, 4.69) is 6.58 Å². The van der Waals surface area contributed by atoms with Crippen molar-refractivity contribution in [3.05, 3.63) is 12.1 Å². The van der Waals surface area contributed by atoms with Crippen LogP contribution in [0.15, 0.2) is 12.1 Å². The van der Waals surface area contributed by atoms with E-state index in [9.17, 15) is 0 Å². The fourth-order valence-corrected chi connectivity index (χ4v) is 0. The van der Waals surface area contributed by atoms with Gasteiger partial charge in [0.15, 0.2) is 0 Å². The monoisotopic (exact) mass is 300 g/mol. The zero-order valence-electron chi connectivity index (χ0n) is 2.78. The summed E-state index contributed by atoms with van der Waals surface area (Å²) < 4.78 is 0. The topological polar surface area (TPSA) is 0 Å². The van der Waals surface area contributed by atoms with E-state index in [0.717, 1.165) is 0 Å². The molecule has 0 saturated heterocycles. The molecule has 0 nitrogen and oxygen atoms in total. The second-order valence-corrected chi connectivity index (χ2v) is 0.463. The summed E-state index contributed by atoms with van der Waals surface area (Å²) in [7, 11) is 0. The van der Waals surface area contributed by atoms with Gasteiger partial charge in [0.25, 0.3) is 0 Å². The van der Waals surface area contributed by atoms with Crippen LogP contribution >= 0.6 is 24.0 Å². The van der Waals surface area contributed by atoms with Crippen LogP contribution in [0.25, 0.3) is 0 Å². The SMILES string of the molecule is C=CCl.Cl.[Hg]. The molecular weight excluding hydrogens is 296 g/mol. The fourth-order valence-electron chi connectivity index (χ4n) is 0. The van der Waals surface area contributed by atoms with Crippen molar-refractivity contribution in [1.29, 1.82) is 0 Å². The predicted molar refractivity (Wildman–Crippen MR) is 23.3 cm³/mol. The largest absolute Gasteiger partial charge is 0.147 e. The maximum Gasteiger partial charge on any atom is 0 e. The third-order valence-electron chi connectivity index (χ3n) is 0. The maximum absolute atomic E-state index is 4.76. The van der Waals surface area contributed by atoms with Gasteiger partial charge in [-0.25, -0.2) is 0 Å². The van der Waals surface area contributed by atoms with Crippen molar-refractivity contribution >= 4 is 24.0 Å². The van der Waals surface area contributed by atoms with Crippen LogP contribution in [0.3, 0.4) is 0 Å². The fraction of sp³-hybridized carbons (Fsp3) is 0. The van der Waals surface area contributed by atoms with Crippen molar-refractivity contribution in [2.24, 2.45) is 0 Å². The molecule has 0 spiro atoms. The van der Waals surface area contributed by atoms with Gasteiger partial charge in [-0.15, -0.1) is 12.4 Å². The first kappa shape index (κ1) is 16.3. The van der Waals surface area contributed by atoms with Crippen LogP contribution in [0.2, 0.25) is 0 Å². The van der Waals surface area contributed by atoms with Crippen molar-refractivity contribution in [3.8, 4) is 0 Å². The Morgan fingerprint density at radius 1 is 1.60 bits per heavy atom. The van der Waals surface area contributed by atoms with Gasteiger partial charge in [-0.1, -0.05) is 18.2 Å². The van der Waals surface area contributed by atoms with E-state index in [1.165, 1.54) is 5.54 Å². The van der Waals surface area contributed by atoms with Crippen molar-refractivity contribution in [3.63, 3.8) is 0 Å². The van der Waals surface area contributed by atoms with Gasteiger partial charge in [0.2, 0.25) is 0 Å². The number of halogens is 2. The predicted octanol–water partition coefficient (Wildman–Crippen LogP) is 1.79. The Morgan fingerprint density at radius 3 is 1.60 bits per heavy atom. The van der Waals surface area contributed by atoms with E-state index in [1.54, 1.807) is 0 Å². The van der Waals surface area contributed by atoms with Gasteiger partial charge in [-0.05, 0) is 5.54 Å². The number of hydrogen-bond acceptors (Lipinski definition) is 0. The summed E-state index contributed by atoms with van der Waals surface area (Å²) in [5.74, 6) is 0. The molecule has 0 bridgehead atoms. The maximum atomic E-state index is 4.76. The molecule has 0 N–H and O–H groups in total. The van der Waals surface area contributed by atoms with Crippen LogP contribution in [0.5, 0.6) is 0 Å². The first-order valence-electron chi connectivity index (χ1n) is 0.626. The smallest absolute Gasteiger partial charge is 0 e. The Labute approximate surface area is 63.5 Å². The average molecular weight is 300 g/mol. The van der Waals surface area contributed by atoms with Gasteiger partial charge in [0, 0.05) is 27.7 Å². The molecule has 0 aromatic rings. The minimum Gasteiger partial charge on any atom is -0.147 e. The van der Waals surface area contributed by atoms with Crippen molar-refractivity contribution in [2.45, 2.75) is 0 Å². The molecule has 0 rings (SSSR count). The summed E-state index contributed by atoms with van der Waals surface area (Å²) in [6, 6.07) is 0. The summed E-state index contributed by atoms with van der Waals surface area (Å²) in [6.45, 7) is 3.13. The first-order valence-corrected chi connectivity index (χ1v) is 1.06. The third-order valence-corrected chi connectivity index (χ3v) is 0. The van der Waals surface area contributed by atoms with Crippen LogP contribution in [-0.4, -0.2) is 0 Å². The van der Waals surface area contributed by atoms with Gasteiger partial charge in [-0.2, -0.15) is 0 Å². The molecule has 0 heterocycles. The molecule has 3 heteroatoms. The third kappa shape index (κ3) is 35.3. The molecule has 0 atom stereocenters. The van der Waals surface area contributed by atoms with Gasteiger partial charge in [0.1, 0.15) is 0 Å². The molecule has 0 aromatic carbocycles. The molecule has 5 heavy (non-hydrogen) atoms. The molecule has 0 amide bonds. The molecule has 0 unspecified atom stereocenters. The number of rotatable bonds is 0. The standard InChI is InChI=1S/C2H3Cl.ClH.Hg/c1-2-3;;/h2H,1H2;1H;. The van der Waals surface area contributed by atoms with Crippen LogP contribution < -0.4 is 0 Å². The zero-order chi connectivity index (χ0) is 2.71. The van der Waals surface area contributed by atoms with Crippen LogP contribution in [0.4, 0.5) is 0 Å². The normalized spacial score (nSPS) is 2.60. The molecule has 0 aliphatic heterocycles. The van der Waals surface area contributed by atoms with E-state index in [0.29, 0.717) is 0 Å². The van der Waals surface area contributed by atoms with E-state index in [-0.39, 0.29) is 40.1 Å². The van der Waals surface area contributed by atoms with Crippen LogP contribution in [0.1, 0.15) is 0 Å². The molecule has 0 aliphatic carbocycles. The van der Waals surface area contributed by atoms with E-state index in [1.807, 2.05) is 0 Å². The van der Waals surface area contributed by atoms with Gasteiger partial charge in [-0.3, -0.25) is 0 Å². The Balaban J connectivity index is -0.0000000200. The van der Waals surface area contributed by atoms with Crippen molar-refractivity contribution in [2.75, 3.05) is 0 Å². The van der Waals surface area contributed by atoms with Gasteiger partial charge >= 0.3 is 0 Å². The minimum atomic E-state index is 0. The first-order chi connectivity index (χ1) is 1.41. The molecule has 0 aliphatic rings. The summed E-state index contributed by atoms with van der Waals surface area (Å²) >= 11 is 4.76. The number of hydrogen-bond donors (Lipinski definition) is 0. The minimum absolute atomic E-state index is 0. The second kappa shape index (κ2) is 18.7. The molecule has 28 valence electrons. The quantitative estimate of drug-likeness (QED) is 0.598. The summed E-state index contributed by atoms with van der Waals surface area (Å²) in [5.41, 5.74) is 1.22. The van der Waals surface area contributed by atoms with Gasteiger partial charge in [0.05, 0.1) is 0 Å². The average Bonchev–Trinajstić information content (AvgIpc) is 0.918. The van der Waals surface area contributed by atoms with E-state index >= 15 is 0 Å². The van der Waals surface area contributed by atoms with Crippen molar-refractivity contribution < 1.29 is 27.7 Å². The van der Waals surface area contributed by atoms with E-state index < -0.39 is 0 Å². The Kier molecular flexibility index (Phi) is 61.0. The van der Waals surface area contributed by atoms with Crippen molar-refractivity contribution in [1.82, 2.24) is 0 Å². The molecule has 0 radical (unpaired) electrons. The van der Waals surface area contributed by atoms with Gasteiger partial charge < -0.3 is 0 Å². The van der Waals surface area contributed by atoms with Crippen LogP contribution in [0, 0.1) is 0 Å². The Morgan fingerprint density at radius 2 is 1.60 bits per heavy atom. The van der Waals surface area contributed by atoms with E-state index in [4.69, 9.17) is 11.6 Å². The Hall–Kier alpha value is 1.26. The molecule has 0 aromatic heterocycles.